The molecule has 304 valence electrons. The van der Waals surface area contributed by atoms with Gasteiger partial charge in [0.2, 0.25) is 0 Å². The lowest BCUT2D eigenvalue weighted by Gasteiger charge is -2.18. The van der Waals surface area contributed by atoms with Gasteiger partial charge < -0.3 is 18.9 Å². The van der Waals surface area contributed by atoms with E-state index in [0.717, 1.165) is 0 Å². The summed E-state index contributed by atoms with van der Waals surface area (Å²) in [6, 6.07) is 12.6. The van der Waals surface area contributed by atoms with Gasteiger partial charge in [0, 0.05) is 22.3 Å². The summed E-state index contributed by atoms with van der Waals surface area (Å²) in [7, 11) is -9.81. The van der Waals surface area contributed by atoms with Gasteiger partial charge in [-0.05, 0) is 96.5 Å². The molecule has 0 aromatic heterocycles. The molecular weight excluding hydrogens is 801 g/mol. The van der Waals surface area contributed by atoms with E-state index in [4.69, 9.17) is 18.9 Å². The lowest BCUT2D eigenvalue weighted by molar-refractivity contribution is 0.409. The SMILES string of the molecule is COc1cc2c(C)cc1CS(=O)(=O)Cc1cc(OC)c(cc1C)CS(=O)(=O)Cc1cc(C)c(cc1OC)CS(=O)(=O)Cc1cc(C)c(cc1OC)CS(=O)(=O)C2. The average molecular weight is 849 g/mol. The fraction of sp³-hybridized carbons (Fsp3) is 0.400. The first kappa shape index (κ1) is 43.0. The van der Waals surface area contributed by atoms with Crippen molar-refractivity contribution in [2.24, 2.45) is 0 Å². The Balaban J connectivity index is 1.63. The number of sulfone groups is 4. The minimum atomic E-state index is -3.86. The second kappa shape index (κ2) is 16.4. The van der Waals surface area contributed by atoms with Gasteiger partial charge >= 0.3 is 0 Å². The largest absolute Gasteiger partial charge is 0.496 e. The first-order valence-corrected chi connectivity index (χ1v) is 24.8. The predicted octanol–water partition coefficient (Wildman–Crippen LogP) is 5.73. The maximum absolute atomic E-state index is 13.7. The Bertz CT molecular complexity index is 2460. The van der Waals surface area contributed by atoms with Crippen LogP contribution in [0, 0.1) is 27.7 Å². The summed E-state index contributed by atoms with van der Waals surface area (Å²) < 4.78 is 132. The van der Waals surface area contributed by atoms with Crippen LogP contribution in [0.25, 0.3) is 0 Å². The molecule has 14 rings (SSSR count). The molecule has 0 spiro atoms. The lowest BCUT2D eigenvalue weighted by atomic mass is 10.1. The van der Waals surface area contributed by atoms with E-state index in [1.165, 1.54) is 40.6 Å². The summed E-state index contributed by atoms with van der Waals surface area (Å²) in [4.78, 5) is 0. The molecule has 0 radical (unpaired) electrons. The molecule has 10 aliphatic heterocycles. The molecule has 0 unspecified atom stereocenters. The van der Waals surface area contributed by atoms with Gasteiger partial charge in [-0.25, -0.2) is 33.7 Å². The van der Waals surface area contributed by atoms with Crippen LogP contribution in [-0.4, -0.2) is 62.1 Å². The number of rotatable bonds is 4. The minimum absolute atomic E-state index is 0.210. The van der Waals surface area contributed by atoms with Gasteiger partial charge in [0.15, 0.2) is 39.3 Å². The lowest BCUT2D eigenvalue weighted by Crippen LogP contribution is -2.14. The van der Waals surface area contributed by atoms with Crippen LogP contribution in [0.5, 0.6) is 23.0 Å². The molecular formula is C40H48O12S4. The van der Waals surface area contributed by atoms with Gasteiger partial charge in [0.25, 0.3) is 0 Å². The van der Waals surface area contributed by atoms with Crippen molar-refractivity contribution in [2.45, 2.75) is 73.7 Å². The Kier molecular flexibility index (Phi) is 12.6. The minimum Gasteiger partial charge on any atom is -0.496 e. The van der Waals surface area contributed by atoms with Gasteiger partial charge in [0.1, 0.15) is 23.0 Å². The third-order valence-corrected chi connectivity index (χ3v) is 16.0. The smallest absolute Gasteiger partial charge is 0.158 e. The van der Waals surface area contributed by atoms with E-state index in [2.05, 4.69) is 0 Å². The zero-order valence-corrected chi connectivity index (χ0v) is 36.1. The zero-order valence-electron chi connectivity index (χ0n) is 32.8. The van der Waals surface area contributed by atoms with Crippen LogP contribution in [0.15, 0.2) is 48.5 Å². The number of methoxy groups -OCH3 is 4. The fourth-order valence-electron chi connectivity index (χ4n) is 7.09. The second-order valence-electron chi connectivity index (χ2n) is 14.5. The quantitative estimate of drug-likeness (QED) is 0.245. The first-order chi connectivity index (χ1) is 26.1. The second-order valence-corrected chi connectivity index (χ2v) is 22.7. The van der Waals surface area contributed by atoms with Crippen molar-refractivity contribution < 1.29 is 52.6 Å². The van der Waals surface area contributed by atoms with Crippen LogP contribution in [0.1, 0.15) is 66.8 Å². The van der Waals surface area contributed by atoms with E-state index < -0.39 is 62.4 Å². The summed E-state index contributed by atoms with van der Waals surface area (Å²) >= 11 is 0. The fourth-order valence-corrected chi connectivity index (χ4v) is 13.4. The summed E-state index contributed by atoms with van der Waals surface area (Å²) in [5.74, 6) is -2.24. The highest BCUT2D eigenvalue weighted by Gasteiger charge is 2.26. The summed E-state index contributed by atoms with van der Waals surface area (Å²) in [5, 5.41) is 0. The Morgan fingerprint density at radius 3 is 0.625 bits per heavy atom. The number of hydrogen-bond acceptors (Lipinski definition) is 12. The van der Waals surface area contributed by atoms with E-state index in [0.29, 0.717) is 66.8 Å². The van der Waals surface area contributed by atoms with Gasteiger partial charge in [-0.2, -0.15) is 0 Å². The van der Waals surface area contributed by atoms with Crippen LogP contribution >= 0.6 is 0 Å². The van der Waals surface area contributed by atoms with E-state index in [1.54, 1.807) is 64.1 Å². The molecule has 12 nitrogen and oxygen atoms in total. The molecule has 0 atom stereocenters. The molecule has 4 aromatic carbocycles. The van der Waals surface area contributed by atoms with Crippen molar-refractivity contribution >= 4 is 39.3 Å². The van der Waals surface area contributed by atoms with Crippen LogP contribution in [0.3, 0.4) is 0 Å². The number of benzene rings is 4. The molecule has 4 aromatic rings. The highest BCUT2D eigenvalue weighted by Crippen LogP contribution is 2.34. The Morgan fingerprint density at radius 2 is 0.464 bits per heavy atom. The first-order valence-electron chi connectivity index (χ1n) is 17.5. The molecule has 10 aliphatic rings. The van der Waals surface area contributed by atoms with Crippen LogP contribution in [-0.2, 0) is 85.4 Å². The van der Waals surface area contributed by atoms with Crippen molar-refractivity contribution in [1.82, 2.24) is 0 Å². The summed E-state index contributed by atoms with van der Waals surface area (Å²) in [5.41, 5.74) is 5.38. The molecule has 10 heterocycles. The molecule has 0 saturated carbocycles. The topological polar surface area (TPSA) is 173 Å². The Morgan fingerprint density at radius 1 is 0.304 bits per heavy atom. The van der Waals surface area contributed by atoms with Crippen LogP contribution in [0.4, 0.5) is 0 Å². The average Bonchev–Trinajstić information content (AvgIpc) is 3.08. The molecule has 16 heteroatoms. The van der Waals surface area contributed by atoms with Gasteiger partial charge in [-0.3, -0.25) is 0 Å². The molecule has 0 saturated heterocycles. The molecule has 0 N–H and O–H groups in total. The van der Waals surface area contributed by atoms with E-state index in [1.807, 2.05) is 0 Å². The molecule has 0 fully saturated rings. The monoisotopic (exact) mass is 848 g/mol. The molecule has 0 amide bonds. The van der Waals surface area contributed by atoms with E-state index in [9.17, 15) is 33.7 Å². The highest BCUT2D eigenvalue weighted by molar-refractivity contribution is 7.90. The van der Waals surface area contributed by atoms with Crippen molar-refractivity contribution in [3.05, 3.63) is 115 Å². The van der Waals surface area contributed by atoms with Crippen molar-refractivity contribution in [3.8, 4) is 23.0 Å². The van der Waals surface area contributed by atoms with Crippen molar-refractivity contribution in [1.29, 1.82) is 0 Å². The third-order valence-electron chi connectivity index (χ3n) is 9.96. The molecule has 8 bridgehead atoms. The maximum atomic E-state index is 13.7. The predicted molar refractivity (Wildman–Crippen MR) is 216 cm³/mol. The van der Waals surface area contributed by atoms with Crippen molar-refractivity contribution in [3.63, 3.8) is 0 Å². The van der Waals surface area contributed by atoms with Crippen LogP contribution in [0.2, 0.25) is 0 Å². The summed E-state index contributed by atoms with van der Waals surface area (Å²) in [6.07, 6.45) is 0. The normalized spacial score (nSPS) is 17.9. The zero-order chi connectivity index (χ0) is 41.4. The standard InChI is InChI=1S/C40H48O12S4/c1-25-9-33-21-54(43,44)19-31-15-39(51-7)35(11-27(31)3)23-56(47,48)24-36-12-28(4)32(16-40(36)52-8)20-55(45,46)22-34-10-26(2)30(14-38(34)50-6)18-53(41,42)17-29(25)13-37(33)49-5/h9-16H,17-24H2,1-8H3. The maximum Gasteiger partial charge on any atom is 0.158 e. The summed E-state index contributed by atoms with van der Waals surface area (Å²) in [6.45, 7) is 6.81. The van der Waals surface area contributed by atoms with Gasteiger partial charge in [-0.15, -0.1) is 0 Å². The Labute approximate surface area is 330 Å². The third kappa shape index (κ3) is 10.2. The van der Waals surface area contributed by atoms with E-state index >= 15 is 0 Å². The van der Waals surface area contributed by atoms with Gasteiger partial charge in [0.05, 0.1) is 74.5 Å². The number of aryl methyl sites for hydroxylation is 4. The highest BCUT2D eigenvalue weighted by atomic mass is 32.2. The van der Waals surface area contributed by atoms with Crippen molar-refractivity contribution in [2.75, 3.05) is 28.4 Å². The molecule has 56 heavy (non-hydrogen) atoms. The van der Waals surface area contributed by atoms with Gasteiger partial charge in [-0.1, -0.05) is 24.3 Å². The number of hydrogen-bond donors (Lipinski definition) is 0. The number of ether oxygens (including phenoxy) is 4. The molecule has 0 aliphatic carbocycles. The van der Waals surface area contributed by atoms with E-state index in [-0.39, 0.29) is 46.0 Å². The van der Waals surface area contributed by atoms with Crippen LogP contribution < -0.4 is 18.9 Å². The Hall–Kier alpha value is -4.12.